The molecule has 2 aliphatic rings. The highest BCUT2D eigenvalue weighted by Crippen LogP contribution is 2.34. The molecule has 2 aromatic rings. The summed E-state index contributed by atoms with van der Waals surface area (Å²) in [6, 6.07) is 6.68. The molecule has 1 N–H and O–H groups in total. The predicted octanol–water partition coefficient (Wildman–Crippen LogP) is 4.56. The minimum Gasteiger partial charge on any atom is -0.312 e. The minimum atomic E-state index is -0.00855. The van der Waals surface area contributed by atoms with Gasteiger partial charge in [-0.2, -0.15) is 0 Å². The topological polar surface area (TPSA) is 65.5 Å². The quantitative estimate of drug-likeness (QED) is 0.715. The number of amides is 2. The molecule has 0 bridgehead atoms. The van der Waals surface area contributed by atoms with E-state index in [1.54, 1.807) is 0 Å². The number of carbonyl (C=O) groups excluding carboxylic acids is 2. The van der Waals surface area contributed by atoms with Crippen LogP contribution in [0.5, 0.6) is 0 Å². The van der Waals surface area contributed by atoms with E-state index in [2.05, 4.69) is 21.3 Å². The van der Waals surface area contributed by atoms with Crippen LogP contribution in [-0.4, -0.2) is 47.9 Å². The Morgan fingerprint density at radius 3 is 2.77 bits per heavy atom. The summed E-state index contributed by atoms with van der Waals surface area (Å²) in [4.78, 5) is 33.6. The zero-order valence-electron chi connectivity index (χ0n) is 18.7. The fraction of sp³-hybridized carbons (Fsp3) is 0.542. The number of hydrogen-bond donors (Lipinski definition) is 1. The lowest BCUT2D eigenvalue weighted by Crippen LogP contribution is -2.39. The summed E-state index contributed by atoms with van der Waals surface area (Å²) in [5.41, 5.74) is 4.07. The van der Waals surface area contributed by atoms with Crippen LogP contribution in [-0.2, 0) is 16.0 Å². The van der Waals surface area contributed by atoms with E-state index in [0.717, 1.165) is 29.9 Å². The molecule has 0 unspecified atom stereocenters. The second-order valence-electron chi connectivity index (χ2n) is 9.03. The summed E-state index contributed by atoms with van der Waals surface area (Å²) >= 11 is 1.45. The summed E-state index contributed by atoms with van der Waals surface area (Å²) < 4.78 is 0. The second kappa shape index (κ2) is 9.49. The number of hydrogen-bond acceptors (Lipinski definition) is 5. The fourth-order valence-corrected chi connectivity index (χ4v) is 5.34. The van der Waals surface area contributed by atoms with Crippen molar-refractivity contribution in [2.24, 2.45) is 5.92 Å². The Labute approximate surface area is 188 Å². The number of likely N-dealkylation sites (N-methyl/N-ethyl adjacent to an activating group) is 1. The maximum absolute atomic E-state index is 12.5. The summed E-state index contributed by atoms with van der Waals surface area (Å²) in [7, 11) is 2.04. The Kier molecular flexibility index (Phi) is 6.72. The van der Waals surface area contributed by atoms with Crippen LogP contribution < -0.4 is 10.2 Å². The first kappa shape index (κ1) is 22.0. The molecule has 0 atom stereocenters. The van der Waals surface area contributed by atoms with Gasteiger partial charge in [-0.1, -0.05) is 39.2 Å². The van der Waals surface area contributed by atoms with Crippen molar-refractivity contribution in [2.45, 2.75) is 58.4 Å². The van der Waals surface area contributed by atoms with Crippen LogP contribution in [0.1, 0.15) is 51.5 Å². The van der Waals surface area contributed by atoms with Crippen molar-refractivity contribution < 1.29 is 9.59 Å². The van der Waals surface area contributed by atoms with Crippen molar-refractivity contribution in [3.63, 3.8) is 0 Å². The van der Waals surface area contributed by atoms with Gasteiger partial charge in [-0.3, -0.25) is 14.5 Å². The summed E-state index contributed by atoms with van der Waals surface area (Å²) in [6.07, 6.45) is 7.07. The van der Waals surface area contributed by atoms with Crippen LogP contribution in [0.2, 0.25) is 0 Å². The summed E-state index contributed by atoms with van der Waals surface area (Å²) in [5, 5.41) is 5.58. The summed E-state index contributed by atoms with van der Waals surface area (Å²) in [6.45, 7) is 5.01. The van der Waals surface area contributed by atoms with Crippen LogP contribution in [0, 0.1) is 5.92 Å². The van der Waals surface area contributed by atoms with Gasteiger partial charge in [0.15, 0.2) is 5.13 Å². The molecule has 4 rings (SSSR count). The molecule has 2 heterocycles. The molecule has 1 aromatic carbocycles. The van der Waals surface area contributed by atoms with Gasteiger partial charge in [0.2, 0.25) is 11.8 Å². The summed E-state index contributed by atoms with van der Waals surface area (Å²) in [5.74, 6) is 0.154. The van der Waals surface area contributed by atoms with E-state index < -0.39 is 0 Å². The lowest BCUT2D eigenvalue weighted by atomic mass is 9.94. The van der Waals surface area contributed by atoms with E-state index in [-0.39, 0.29) is 17.7 Å². The van der Waals surface area contributed by atoms with Crippen LogP contribution in [0.15, 0.2) is 23.6 Å². The fourth-order valence-electron chi connectivity index (χ4n) is 4.60. The average molecular weight is 441 g/mol. The van der Waals surface area contributed by atoms with Crippen LogP contribution >= 0.6 is 11.3 Å². The SMILES string of the molecule is CC(C)C(=O)N1CCc2cc(-c3csc(NC(=O)CN(C)C4CCCCC4)n3)ccc21. The van der Waals surface area contributed by atoms with Crippen LogP contribution in [0.25, 0.3) is 11.3 Å². The number of nitrogens with zero attached hydrogens (tertiary/aromatic N) is 3. The van der Waals surface area contributed by atoms with Crippen molar-refractivity contribution in [1.82, 2.24) is 9.88 Å². The van der Waals surface area contributed by atoms with Crippen molar-refractivity contribution in [1.29, 1.82) is 0 Å². The van der Waals surface area contributed by atoms with Gasteiger partial charge in [0.05, 0.1) is 12.2 Å². The molecular formula is C24H32N4O2S. The van der Waals surface area contributed by atoms with Crippen molar-refractivity contribution in [3.8, 4) is 11.3 Å². The Hall–Kier alpha value is -2.25. The van der Waals surface area contributed by atoms with Gasteiger partial charge >= 0.3 is 0 Å². The second-order valence-corrected chi connectivity index (χ2v) is 9.89. The van der Waals surface area contributed by atoms with Crippen molar-refractivity contribution in [2.75, 3.05) is 30.4 Å². The van der Waals surface area contributed by atoms with Crippen molar-refractivity contribution >= 4 is 34.0 Å². The van der Waals surface area contributed by atoms with Gasteiger partial charge in [0, 0.05) is 35.1 Å². The molecule has 166 valence electrons. The van der Waals surface area contributed by atoms with Gasteiger partial charge in [-0.25, -0.2) is 4.98 Å². The normalized spacial score (nSPS) is 16.7. The maximum Gasteiger partial charge on any atom is 0.240 e. The first-order valence-electron chi connectivity index (χ1n) is 11.3. The van der Waals surface area contributed by atoms with Gasteiger partial charge in [-0.05, 0) is 44.0 Å². The van der Waals surface area contributed by atoms with Crippen molar-refractivity contribution in [3.05, 3.63) is 29.1 Å². The first-order chi connectivity index (χ1) is 14.9. The highest BCUT2D eigenvalue weighted by Gasteiger charge is 2.26. The van der Waals surface area contributed by atoms with E-state index in [1.807, 2.05) is 43.3 Å². The Morgan fingerprint density at radius 2 is 2.03 bits per heavy atom. The molecule has 0 saturated heterocycles. The molecular weight excluding hydrogens is 408 g/mol. The lowest BCUT2D eigenvalue weighted by Gasteiger charge is -2.30. The molecule has 2 amide bonds. The standard InChI is InChI=1S/C24H32N4O2S/c1-16(2)23(30)28-12-11-18-13-17(9-10-21(18)28)20-15-31-24(25-20)26-22(29)14-27(3)19-7-5-4-6-8-19/h9-10,13,15-16,19H,4-8,11-12,14H2,1-3H3,(H,25,26,29). The highest BCUT2D eigenvalue weighted by atomic mass is 32.1. The molecule has 7 heteroatoms. The number of aromatic nitrogens is 1. The number of carbonyl (C=O) groups is 2. The molecule has 1 aromatic heterocycles. The number of benzene rings is 1. The van der Waals surface area contributed by atoms with Gasteiger partial charge in [0.1, 0.15) is 0 Å². The number of thiazole rings is 1. The lowest BCUT2D eigenvalue weighted by molar-refractivity contribution is -0.121. The third kappa shape index (κ3) is 4.99. The first-order valence-corrected chi connectivity index (χ1v) is 12.2. The Balaban J connectivity index is 1.39. The van der Waals surface area contributed by atoms with E-state index >= 15 is 0 Å². The number of anilines is 2. The van der Waals surface area contributed by atoms with Crippen LogP contribution in [0.4, 0.5) is 10.8 Å². The number of rotatable bonds is 6. The average Bonchev–Trinajstić information content (AvgIpc) is 3.40. The Bertz CT molecular complexity index is 949. The molecule has 0 spiro atoms. The van der Waals surface area contributed by atoms with E-state index in [9.17, 15) is 9.59 Å². The number of nitrogens with one attached hydrogen (secondary N) is 1. The highest BCUT2D eigenvalue weighted by molar-refractivity contribution is 7.14. The molecule has 1 saturated carbocycles. The monoisotopic (exact) mass is 440 g/mol. The van der Waals surface area contributed by atoms with Crippen LogP contribution in [0.3, 0.4) is 0 Å². The molecule has 1 aliphatic carbocycles. The van der Waals surface area contributed by atoms with Gasteiger partial charge < -0.3 is 10.2 Å². The maximum atomic E-state index is 12.5. The van der Waals surface area contributed by atoms with E-state index in [4.69, 9.17) is 0 Å². The third-order valence-corrected chi connectivity index (χ3v) is 7.13. The van der Waals surface area contributed by atoms with E-state index in [1.165, 1.54) is 49.0 Å². The molecule has 1 aliphatic heterocycles. The minimum absolute atomic E-state index is 0.00695. The molecule has 6 nitrogen and oxygen atoms in total. The zero-order valence-corrected chi connectivity index (χ0v) is 19.5. The smallest absolute Gasteiger partial charge is 0.240 e. The Morgan fingerprint density at radius 1 is 1.26 bits per heavy atom. The molecule has 1 fully saturated rings. The van der Waals surface area contributed by atoms with Gasteiger partial charge in [-0.15, -0.1) is 11.3 Å². The van der Waals surface area contributed by atoms with E-state index in [0.29, 0.717) is 17.7 Å². The largest absolute Gasteiger partial charge is 0.312 e. The zero-order chi connectivity index (χ0) is 22.0. The molecule has 31 heavy (non-hydrogen) atoms. The molecule has 0 radical (unpaired) electrons. The van der Waals surface area contributed by atoms with Gasteiger partial charge in [0.25, 0.3) is 0 Å². The third-order valence-electron chi connectivity index (χ3n) is 6.37. The number of fused-ring (bicyclic) bond motifs is 1. The predicted molar refractivity (Wildman–Crippen MR) is 127 cm³/mol.